The molecule has 0 amide bonds. The first-order valence-corrected chi connectivity index (χ1v) is 15.5. The van der Waals surface area contributed by atoms with E-state index in [1.54, 1.807) is 0 Å². The highest BCUT2D eigenvalue weighted by molar-refractivity contribution is 5.87. The molecule has 0 fully saturated rings. The second-order valence-corrected chi connectivity index (χ2v) is 11.7. The minimum absolute atomic E-state index is 0.0242. The van der Waals surface area contributed by atoms with Crippen molar-refractivity contribution in [3.05, 3.63) is 107 Å². The lowest BCUT2D eigenvalue weighted by molar-refractivity contribution is 0.111. The lowest BCUT2D eigenvalue weighted by Gasteiger charge is -2.33. The van der Waals surface area contributed by atoms with Gasteiger partial charge >= 0.3 is 0 Å². The topological polar surface area (TPSA) is 34.1 Å². The van der Waals surface area contributed by atoms with E-state index in [0.717, 1.165) is 36.5 Å². The van der Waals surface area contributed by atoms with Gasteiger partial charge in [0.1, 0.15) is 12.6 Å². The average molecular weight is 543 g/mol. The molecule has 0 unspecified atom stereocenters. The Hall–Kier alpha value is -3.78. The number of hydrogen-bond acceptors (Lipinski definition) is 2. The van der Waals surface area contributed by atoms with Gasteiger partial charge in [-0.25, -0.2) is 0 Å². The van der Waals surface area contributed by atoms with E-state index in [4.69, 9.17) is 0 Å². The summed E-state index contributed by atoms with van der Waals surface area (Å²) in [5.74, 6) is 0. The summed E-state index contributed by atoms with van der Waals surface area (Å²) in [6.07, 6.45) is 14.1. The first-order chi connectivity index (χ1) is 20.1. The minimum atomic E-state index is -0.0242. The predicted octanol–water partition coefficient (Wildman–Crippen LogP) is 10.9. The van der Waals surface area contributed by atoms with Crippen LogP contribution in [0.3, 0.4) is 0 Å². The number of rotatable bonds is 14. The van der Waals surface area contributed by atoms with Crippen LogP contribution in [-0.2, 0) is 5.41 Å². The summed E-state index contributed by atoms with van der Waals surface area (Å²) >= 11 is 0. The zero-order chi connectivity index (χ0) is 28.7. The molecule has 1 aliphatic rings. The van der Waals surface area contributed by atoms with Crippen molar-refractivity contribution in [2.45, 2.75) is 83.5 Å². The van der Waals surface area contributed by atoms with E-state index in [1.165, 1.54) is 84.7 Å². The van der Waals surface area contributed by atoms with Crippen LogP contribution in [-0.4, -0.2) is 12.6 Å². The number of carbonyl (C=O) groups excluding carboxylic acids is 2. The summed E-state index contributed by atoms with van der Waals surface area (Å²) < 4.78 is 0. The van der Waals surface area contributed by atoms with Crippen LogP contribution in [0.25, 0.3) is 33.4 Å². The van der Waals surface area contributed by atoms with Crippen molar-refractivity contribution < 1.29 is 9.59 Å². The first kappa shape index (κ1) is 28.7. The maximum absolute atomic E-state index is 11.3. The number of aldehydes is 2. The summed E-state index contributed by atoms with van der Waals surface area (Å²) in [6.45, 7) is 4.57. The third-order valence-electron chi connectivity index (χ3n) is 9.03. The van der Waals surface area contributed by atoms with E-state index < -0.39 is 0 Å². The molecule has 0 bridgehead atoms. The van der Waals surface area contributed by atoms with Gasteiger partial charge in [0.15, 0.2) is 0 Å². The van der Waals surface area contributed by atoms with Gasteiger partial charge < -0.3 is 0 Å². The third-order valence-corrected chi connectivity index (χ3v) is 9.03. The Morgan fingerprint density at radius 1 is 0.488 bits per heavy atom. The molecule has 0 spiro atoms. The molecule has 2 heteroatoms. The highest BCUT2D eigenvalue weighted by Gasteiger charge is 2.42. The second-order valence-electron chi connectivity index (χ2n) is 11.7. The molecule has 0 heterocycles. The molecule has 4 aromatic carbocycles. The van der Waals surface area contributed by atoms with Crippen molar-refractivity contribution in [1.82, 2.24) is 0 Å². The summed E-state index contributed by atoms with van der Waals surface area (Å²) in [6, 6.07) is 30.0. The van der Waals surface area contributed by atoms with Gasteiger partial charge in [0.25, 0.3) is 0 Å². The largest absolute Gasteiger partial charge is 0.298 e. The lowest BCUT2D eigenvalue weighted by atomic mass is 9.70. The van der Waals surface area contributed by atoms with Gasteiger partial charge in [0.2, 0.25) is 0 Å². The van der Waals surface area contributed by atoms with Gasteiger partial charge in [0, 0.05) is 16.5 Å². The quantitative estimate of drug-likeness (QED) is 0.117. The lowest BCUT2D eigenvalue weighted by Crippen LogP contribution is -2.25. The Labute approximate surface area is 245 Å². The van der Waals surface area contributed by atoms with E-state index in [2.05, 4.69) is 74.5 Å². The van der Waals surface area contributed by atoms with Crippen molar-refractivity contribution in [2.75, 3.05) is 0 Å². The third kappa shape index (κ3) is 5.98. The molecule has 0 radical (unpaired) electrons. The van der Waals surface area contributed by atoms with E-state index in [-0.39, 0.29) is 5.41 Å². The smallest absolute Gasteiger partial charge is 0.150 e. The molecule has 0 saturated carbocycles. The SMILES string of the molecule is CCCCCCC1(CCCCCC)c2cc(-c3ccc(C=O)cc3)ccc2-c2ccc(-c3ccc(C=O)cc3)cc21. The van der Waals surface area contributed by atoms with Crippen LogP contribution in [0.15, 0.2) is 84.9 Å². The normalized spacial score (nSPS) is 13.0. The van der Waals surface area contributed by atoms with Crippen molar-refractivity contribution in [1.29, 1.82) is 0 Å². The van der Waals surface area contributed by atoms with Crippen LogP contribution in [0.5, 0.6) is 0 Å². The molecular formula is C39H42O2. The fraction of sp³-hybridized carbons (Fsp3) is 0.333. The van der Waals surface area contributed by atoms with E-state index in [9.17, 15) is 9.59 Å². The summed E-state index contributed by atoms with van der Waals surface area (Å²) in [7, 11) is 0. The average Bonchev–Trinajstić information content (AvgIpc) is 3.30. The van der Waals surface area contributed by atoms with E-state index in [0.29, 0.717) is 11.1 Å². The van der Waals surface area contributed by atoms with Crippen molar-refractivity contribution in [3.8, 4) is 33.4 Å². The molecular weight excluding hydrogens is 500 g/mol. The Morgan fingerprint density at radius 2 is 0.878 bits per heavy atom. The molecule has 0 atom stereocenters. The van der Waals surface area contributed by atoms with Gasteiger partial charge in [-0.2, -0.15) is 0 Å². The molecule has 5 rings (SSSR count). The fourth-order valence-electron chi connectivity index (χ4n) is 6.73. The highest BCUT2D eigenvalue weighted by atomic mass is 16.1. The predicted molar refractivity (Wildman–Crippen MR) is 172 cm³/mol. The second kappa shape index (κ2) is 13.3. The molecule has 41 heavy (non-hydrogen) atoms. The molecule has 2 nitrogen and oxygen atoms in total. The minimum Gasteiger partial charge on any atom is -0.298 e. The fourth-order valence-corrected chi connectivity index (χ4v) is 6.73. The van der Waals surface area contributed by atoms with Crippen LogP contribution < -0.4 is 0 Å². The first-order valence-electron chi connectivity index (χ1n) is 15.5. The maximum atomic E-state index is 11.3. The number of hydrogen-bond donors (Lipinski definition) is 0. The molecule has 4 aromatic rings. The van der Waals surface area contributed by atoms with Gasteiger partial charge in [-0.3, -0.25) is 9.59 Å². The van der Waals surface area contributed by atoms with Gasteiger partial charge in [-0.15, -0.1) is 0 Å². The molecule has 0 saturated heterocycles. The number of benzene rings is 4. The van der Waals surface area contributed by atoms with Crippen LogP contribution in [0, 0.1) is 0 Å². The Morgan fingerprint density at radius 3 is 1.24 bits per heavy atom. The number of unbranched alkanes of at least 4 members (excludes halogenated alkanes) is 6. The van der Waals surface area contributed by atoms with Gasteiger partial charge in [0.05, 0.1) is 0 Å². The summed E-state index contributed by atoms with van der Waals surface area (Å²) in [5, 5.41) is 0. The van der Waals surface area contributed by atoms with Crippen LogP contribution in [0.4, 0.5) is 0 Å². The van der Waals surface area contributed by atoms with E-state index in [1.807, 2.05) is 24.3 Å². The Kier molecular flexibility index (Phi) is 9.29. The standard InChI is InChI=1S/C39H42O2/c1-3-5-7-9-23-39(24-10-8-6-4-2)37-25-33(31-15-11-29(27-40)12-16-31)19-21-35(37)36-22-20-34(26-38(36)39)32-17-13-30(28-41)14-18-32/h11-22,25-28H,3-10,23-24H2,1-2H3. The van der Waals surface area contributed by atoms with Crippen molar-refractivity contribution in [3.63, 3.8) is 0 Å². The van der Waals surface area contributed by atoms with Gasteiger partial charge in [-0.05, 0) is 69.5 Å². The zero-order valence-corrected chi connectivity index (χ0v) is 24.6. The summed E-state index contributed by atoms with van der Waals surface area (Å²) in [5.41, 5.74) is 11.8. The zero-order valence-electron chi connectivity index (χ0n) is 24.6. The number of carbonyl (C=O) groups is 2. The molecule has 0 aromatic heterocycles. The highest BCUT2D eigenvalue weighted by Crippen LogP contribution is 2.55. The van der Waals surface area contributed by atoms with E-state index >= 15 is 0 Å². The van der Waals surface area contributed by atoms with Crippen LogP contribution >= 0.6 is 0 Å². The van der Waals surface area contributed by atoms with Crippen LogP contribution in [0.1, 0.15) is 110 Å². The molecule has 210 valence electrons. The van der Waals surface area contributed by atoms with Crippen molar-refractivity contribution in [2.24, 2.45) is 0 Å². The monoisotopic (exact) mass is 542 g/mol. The molecule has 0 aliphatic heterocycles. The van der Waals surface area contributed by atoms with Gasteiger partial charge in [-0.1, -0.05) is 138 Å². The number of fused-ring (bicyclic) bond motifs is 3. The van der Waals surface area contributed by atoms with Crippen molar-refractivity contribution >= 4 is 12.6 Å². The maximum Gasteiger partial charge on any atom is 0.150 e. The van der Waals surface area contributed by atoms with Crippen LogP contribution in [0.2, 0.25) is 0 Å². The molecule has 0 N–H and O–H groups in total. The Balaban J connectivity index is 1.64. The molecule has 1 aliphatic carbocycles. The Bertz CT molecular complexity index is 1360. The summed E-state index contributed by atoms with van der Waals surface area (Å²) in [4.78, 5) is 22.5.